The summed E-state index contributed by atoms with van der Waals surface area (Å²) in [5.41, 5.74) is 0. The Bertz CT molecular complexity index is 939. The van der Waals surface area contributed by atoms with Crippen molar-refractivity contribution in [1.82, 2.24) is 5.32 Å². The fourth-order valence-electron chi connectivity index (χ4n) is 8.93. The monoisotopic (exact) mass is 890 g/mol. The maximum atomic E-state index is 12.4. The molecule has 0 rings (SSSR count). The lowest BCUT2D eigenvalue weighted by molar-refractivity contribution is -0.143. The molecule has 0 aromatic rings. The average Bonchev–Trinajstić information content (AvgIpc) is 3.28. The molecule has 0 aliphatic carbocycles. The molecule has 1 amide bonds. The quantitative estimate of drug-likeness (QED) is 0.0321. The minimum Gasteiger partial charge on any atom is -0.466 e. The number of ether oxygens (including phenoxy) is 1. The largest absolute Gasteiger partial charge is 0.466 e. The van der Waals surface area contributed by atoms with Gasteiger partial charge in [-0.15, -0.1) is 0 Å². The van der Waals surface area contributed by atoms with Gasteiger partial charge in [0.05, 0.1) is 25.4 Å². The summed E-state index contributed by atoms with van der Waals surface area (Å²) in [6, 6.07) is -0.539. The predicted molar refractivity (Wildman–Crippen MR) is 273 cm³/mol. The van der Waals surface area contributed by atoms with Gasteiger partial charge in [0.1, 0.15) is 0 Å². The molecule has 374 valence electrons. The summed E-state index contributed by atoms with van der Waals surface area (Å²) in [7, 11) is 0. The number of allylic oxidation sites excluding steroid dienone is 2. The predicted octanol–water partition coefficient (Wildman–Crippen LogP) is 17.3. The molecule has 0 saturated carbocycles. The van der Waals surface area contributed by atoms with E-state index in [1.165, 1.54) is 238 Å². The fraction of sp³-hybridized carbons (Fsp3) is 0.930. The van der Waals surface area contributed by atoms with Gasteiger partial charge in [0.15, 0.2) is 0 Å². The number of amides is 1. The highest BCUT2D eigenvalue weighted by Crippen LogP contribution is 2.17. The maximum Gasteiger partial charge on any atom is 0.305 e. The van der Waals surface area contributed by atoms with E-state index in [1.54, 1.807) is 0 Å². The van der Waals surface area contributed by atoms with E-state index < -0.39 is 12.1 Å². The highest BCUT2D eigenvalue weighted by molar-refractivity contribution is 5.76. The summed E-state index contributed by atoms with van der Waals surface area (Å²) in [5, 5.41) is 23.2. The van der Waals surface area contributed by atoms with Crippen LogP contribution < -0.4 is 5.32 Å². The van der Waals surface area contributed by atoms with E-state index in [2.05, 4.69) is 31.3 Å². The van der Waals surface area contributed by atoms with Crippen LogP contribution in [0.15, 0.2) is 12.2 Å². The van der Waals surface area contributed by atoms with Gasteiger partial charge >= 0.3 is 5.97 Å². The second-order valence-electron chi connectivity index (χ2n) is 19.6. The summed E-state index contributed by atoms with van der Waals surface area (Å²) in [6.45, 7) is 4.94. The Morgan fingerprint density at radius 3 is 1.14 bits per heavy atom. The van der Waals surface area contributed by atoms with Crippen molar-refractivity contribution in [2.24, 2.45) is 0 Å². The number of rotatable bonds is 53. The van der Waals surface area contributed by atoms with Crippen LogP contribution in [0.3, 0.4) is 0 Å². The van der Waals surface area contributed by atoms with Crippen LogP contribution in [0, 0.1) is 0 Å². The molecule has 6 nitrogen and oxygen atoms in total. The number of carbonyl (C=O) groups excluding carboxylic acids is 2. The van der Waals surface area contributed by atoms with Crippen molar-refractivity contribution in [1.29, 1.82) is 0 Å². The number of esters is 1. The first-order valence-corrected chi connectivity index (χ1v) is 28.4. The first-order chi connectivity index (χ1) is 31.0. The van der Waals surface area contributed by atoms with Gasteiger partial charge < -0.3 is 20.3 Å². The Morgan fingerprint density at radius 1 is 0.429 bits per heavy atom. The molecule has 0 radical (unpaired) electrons. The maximum absolute atomic E-state index is 12.4. The molecule has 0 aromatic carbocycles. The van der Waals surface area contributed by atoms with Crippen LogP contribution in [0.25, 0.3) is 0 Å². The smallest absolute Gasteiger partial charge is 0.305 e. The lowest BCUT2D eigenvalue weighted by atomic mass is 10.0. The highest BCUT2D eigenvalue weighted by atomic mass is 16.5. The van der Waals surface area contributed by atoms with Crippen LogP contribution in [-0.2, 0) is 14.3 Å². The van der Waals surface area contributed by atoms with Crippen LogP contribution in [0.1, 0.15) is 316 Å². The molecule has 0 aromatic heterocycles. The Balaban J connectivity index is 3.36. The van der Waals surface area contributed by atoms with Gasteiger partial charge in [-0.3, -0.25) is 9.59 Å². The zero-order chi connectivity index (χ0) is 45.8. The van der Waals surface area contributed by atoms with Gasteiger partial charge in [-0.1, -0.05) is 264 Å². The van der Waals surface area contributed by atoms with E-state index in [0.717, 1.165) is 44.9 Å². The Labute approximate surface area is 393 Å². The second-order valence-corrected chi connectivity index (χ2v) is 19.6. The molecule has 2 atom stereocenters. The molecule has 0 heterocycles. The van der Waals surface area contributed by atoms with Crippen LogP contribution in [0.4, 0.5) is 0 Å². The third-order valence-corrected chi connectivity index (χ3v) is 13.3. The molecule has 3 N–H and O–H groups in total. The molecule has 0 fully saturated rings. The first-order valence-electron chi connectivity index (χ1n) is 28.4. The van der Waals surface area contributed by atoms with E-state index >= 15 is 0 Å². The summed E-state index contributed by atoms with van der Waals surface area (Å²) in [5.74, 6) is -0.0310. The Morgan fingerprint density at radius 2 is 0.746 bits per heavy atom. The van der Waals surface area contributed by atoms with Crippen molar-refractivity contribution in [3.63, 3.8) is 0 Å². The Kier molecular flexibility index (Phi) is 52.0. The minimum atomic E-state index is -0.662. The summed E-state index contributed by atoms with van der Waals surface area (Å²) >= 11 is 0. The van der Waals surface area contributed by atoms with E-state index in [0.29, 0.717) is 25.9 Å². The molecule has 0 aliphatic heterocycles. The third-order valence-electron chi connectivity index (χ3n) is 13.3. The van der Waals surface area contributed by atoms with Gasteiger partial charge in [-0.2, -0.15) is 0 Å². The summed E-state index contributed by atoms with van der Waals surface area (Å²) in [6.07, 6.45) is 62.1. The first kappa shape index (κ1) is 61.6. The summed E-state index contributed by atoms with van der Waals surface area (Å²) < 4.78 is 5.47. The van der Waals surface area contributed by atoms with Crippen molar-refractivity contribution >= 4 is 11.9 Å². The zero-order valence-electron chi connectivity index (χ0n) is 42.6. The van der Waals surface area contributed by atoms with Gasteiger partial charge in [0.2, 0.25) is 5.91 Å². The van der Waals surface area contributed by atoms with Crippen molar-refractivity contribution in [2.75, 3.05) is 13.2 Å². The molecule has 0 spiro atoms. The zero-order valence-corrected chi connectivity index (χ0v) is 42.6. The fourth-order valence-corrected chi connectivity index (χ4v) is 8.93. The SMILES string of the molecule is CCCCCC/C=C\CCCCCCCC(=O)OCCCCCCCCCCCCCCCCCCCCCCCCC(=O)NC(CO)C(O)CCCCCCCCCCCCC. The van der Waals surface area contributed by atoms with E-state index in [9.17, 15) is 19.8 Å². The van der Waals surface area contributed by atoms with E-state index in [-0.39, 0.29) is 18.5 Å². The topological polar surface area (TPSA) is 95.9 Å². The van der Waals surface area contributed by atoms with Crippen LogP contribution in [0.2, 0.25) is 0 Å². The second kappa shape index (κ2) is 53.2. The van der Waals surface area contributed by atoms with Crippen LogP contribution in [-0.4, -0.2) is 47.4 Å². The molecule has 0 aliphatic rings. The number of hydrogen-bond donors (Lipinski definition) is 3. The molecule has 63 heavy (non-hydrogen) atoms. The number of hydrogen-bond acceptors (Lipinski definition) is 5. The van der Waals surface area contributed by atoms with E-state index in [4.69, 9.17) is 4.74 Å². The number of aliphatic hydroxyl groups excluding tert-OH is 2. The number of nitrogens with one attached hydrogen (secondary N) is 1. The average molecular weight is 891 g/mol. The standard InChI is InChI=1S/C57H111NO5/c1-3-5-7-9-11-13-15-26-31-35-39-43-47-51-57(62)63-52-48-44-40-36-32-28-25-23-21-19-17-16-18-20-22-24-27-30-34-38-42-46-50-56(61)58-54(53-59)55(60)49-45-41-37-33-29-14-12-10-8-6-4-2/h13,15,54-55,59-60H,3-12,14,16-53H2,1-2H3,(H,58,61)/b15-13-. The number of carbonyl (C=O) groups is 2. The molecule has 0 saturated heterocycles. The van der Waals surface area contributed by atoms with E-state index in [1.807, 2.05) is 0 Å². The molecular weight excluding hydrogens is 779 g/mol. The van der Waals surface area contributed by atoms with Gasteiger partial charge in [0.25, 0.3) is 0 Å². The minimum absolute atomic E-state index is 0.00423. The summed E-state index contributed by atoms with van der Waals surface area (Å²) in [4.78, 5) is 24.4. The number of unbranched alkanes of at least 4 members (excludes halogenated alkanes) is 40. The van der Waals surface area contributed by atoms with Gasteiger partial charge in [0, 0.05) is 12.8 Å². The van der Waals surface area contributed by atoms with Gasteiger partial charge in [-0.05, 0) is 51.4 Å². The van der Waals surface area contributed by atoms with Crippen LogP contribution in [0.5, 0.6) is 0 Å². The van der Waals surface area contributed by atoms with Crippen molar-refractivity contribution < 1.29 is 24.5 Å². The third kappa shape index (κ3) is 49.9. The van der Waals surface area contributed by atoms with Crippen LogP contribution >= 0.6 is 0 Å². The van der Waals surface area contributed by atoms with Crippen molar-refractivity contribution in [3.05, 3.63) is 12.2 Å². The lowest BCUT2D eigenvalue weighted by Gasteiger charge is -2.22. The normalized spacial score (nSPS) is 12.6. The lowest BCUT2D eigenvalue weighted by Crippen LogP contribution is -2.45. The van der Waals surface area contributed by atoms with Gasteiger partial charge in [-0.25, -0.2) is 0 Å². The highest BCUT2D eigenvalue weighted by Gasteiger charge is 2.20. The Hall–Kier alpha value is -1.40. The number of aliphatic hydroxyl groups is 2. The molecular formula is C57H111NO5. The molecule has 6 heteroatoms. The molecule has 0 bridgehead atoms. The molecule has 2 unspecified atom stereocenters. The van der Waals surface area contributed by atoms with Crippen molar-refractivity contribution in [3.8, 4) is 0 Å². The van der Waals surface area contributed by atoms with Crippen molar-refractivity contribution in [2.45, 2.75) is 328 Å².